The maximum Gasteiger partial charge on any atom is 0.386 e. The van der Waals surface area contributed by atoms with E-state index in [0.717, 1.165) is 33.0 Å². The van der Waals surface area contributed by atoms with Gasteiger partial charge < -0.3 is 8.92 Å². The van der Waals surface area contributed by atoms with E-state index in [2.05, 4.69) is 0 Å². The predicted octanol–water partition coefficient (Wildman–Crippen LogP) is 5.06. The second-order valence-corrected chi connectivity index (χ2v) is 9.95. The number of esters is 1. The minimum atomic E-state index is -4.14. The number of hydrogen-bond acceptors (Lipinski definition) is 5. The van der Waals surface area contributed by atoms with E-state index in [1.807, 2.05) is 78.9 Å². The molecule has 6 nitrogen and oxygen atoms in total. The van der Waals surface area contributed by atoms with Gasteiger partial charge in [-0.1, -0.05) is 72.8 Å². The number of fused-ring (bicyclic) bond motifs is 6. The number of ether oxygens (including phenoxy) is 1. The van der Waals surface area contributed by atoms with E-state index >= 15 is 0 Å². The van der Waals surface area contributed by atoms with Crippen LogP contribution in [0.2, 0.25) is 0 Å². The van der Waals surface area contributed by atoms with E-state index in [-0.39, 0.29) is 13.0 Å². The fourth-order valence-corrected chi connectivity index (χ4v) is 6.39. The van der Waals surface area contributed by atoms with Gasteiger partial charge in [-0.25, -0.2) is 0 Å². The number of benzene rings is 4. The molecule has 0 unspecified atom stereocenters. The topological polar surface area (TPSA) is 72.9 Å². The molecule has 6 rings (SSSR count). The second-order valence-electron chi connectivity index (χ2n) is 8.51. The molecule has 0 aliphatic carbocycles. The quantitative estimate of drug-likeness (QED) is 0.389. The van der Waals surface area contributed by atoms with Crippen LogP contribution >= 0.6 is 0 Å². The third-order valence-electron chi connectivity index (χ3n) is 6.44. The second kappa shape index (κ2) is 7.97. The molecule has 2 aliphatic rings. The Morgan fingerprint density at radius 2 is 1.47 bits per heavy atom. The van der Waals surface area contributed by atoms with Crippen molar-refractivity contribution in [3.8, 4) is 5.75 Å². The molecule has 0 amide bonds. The van der Waals surface area contributed by atoms with E-state index in [1.54, 1.807) is 12.1 Å². The van der Waals surface area contributed by atoms with E-state index in [0.29, 0.717) is 5.75 Å². The molecule has 0 aromatic heterocycles. The lowest BCUT2D eigenvalue weighted by Gasteiger charge is -2.33. The van der Waals surface area contributed by atoms with E-state index in [1.165, 1.54) is 4.31 Å². The lowest BCUT2D eigenvalue weighted by molar-refractivity contribution is -0.146. The molecule has 2 aliphatic heterocycles. The van der Waals surface area contributed by atoms with Crippen LogP contribution in [0, 0.1) is 0 Å². The maximum absolute atomic E-state index is 13.3. The molecule has 0 spiro atoms. The molecule has 0 bridgehead atoms. The number of rotatable bonds is 4. The molecule has 0 fully saturated rings. The number of carbonyl (C=O) groups excluding carboxylic acids is 1. The van der Waals surface area contributed by atoms with E-state index in [4.69, 9.17) is 8.92 Å². The molecule has 170 valence electrons. The summed E-state index contributed by atoms with van der Waals surface area (Å²) < 4.78 is 38.9. The summed E-state index contributed by atoms with van der Waals surface area (Å²) in [5.74, 6) is -0.155. The summed E-state index contributed by atoms with van der Waals surface area (Å²) in [4.78, 5) is 12.9. The molecule has 2 atom stereocenters. The minimum Gasteiger partial charge on any atom is -0.461 e. The van der Waals surface area contributed by atoms with Gasteiger partial charge in [0.05, 0.1) is 18.5 Å². The van der Waals surface area contributed by atoms with Crippen LogP contribution in [0.3, 0.4) is 0 Å². The summed E-state index contributed by atoms with van der Waals surface area (Å²) in [6.45, 7) is 0.131. The van der Waals surface area contributed by atoms with Crippen LogP contribution in [0.15, 0.2) is 91.0 Å². The smallest absolute Gasteiger partial charge is 0.386 e. The zero-order chi connectivity index (χ0) is 23.3. The standard InChI is InChI=1S/C27H21NO5S/c29-26(32-17-18-8-2-1-3-9-18)16-24-22-14-19-10-4-5-11-20(19)15-23(22)27-21-12-6-7-13-25(21)33-34(30,31)28(24)27/h1-15,24,27H,16-17H2/t24-,27-/m0/s1. The van der Waals surface area contributed by atoms with Crippen LogP contribution in [0.4, 0.5) is 0 Å². The Morgan fingerprint density at radius 3 is 2.24 bits per heavy atom. The van der Waals surface area contributed by atoms with Crippen LogP contribution in [0.5, 0.6) is 5.75 Å². The molecular formula is C27H21NO5S. The highest BCUT2D eigenvalue weighted by Crippen LogP contribution is 2.54. The Morgan fingerprint density at radius 1 is 0.824 bits per heavy atom. The van der Waals surface area contributed by atoms with Gasteiger partial charge in [-0.2, -0.15) is 8.42 Å². The zero-order valence-corrected chi connectivity index (χ0v) is 18.9. The van der Waals surface area contributed by atoms with Crippen molar-refractivity contribution < 1.29 is 22.1 Å². The average molecular weight is 472 g/mol. The highest BCUT2D eigenvalue weighted by molar-refractivity contribution is 7.84. The third-order valence-corrected chi connectivity index (χ3v) is 7.81. The third kappa shape index (κ3) is 3.45. The lowest BCUT2D eigenvalue weighted by Crippen LogP contribution is -2.40. The first kappa shape index (κ1) is 20.9. The van der Waals surface area contributed by atoms with Crippen LogP contribution in [-0.2, 0) is 26.4 Å². The Kier molecular flexibility index (Phi) is 4.90. The molecule has 0 saturated heterocycles. The van der Waals surface area contributed by atoms with Gasteiger partial charge in [0.25, 0.3) is 0 Å². The number of nitrogens with zero attached hydrogens (tertiary/aromatic N) is 1. The van der Waals surface area contributed by atoms with Gasteiger partial charge in [-0.3, -0.25) is 4.79 Å². The Bertz CT molecular complexity index is 1520. The van der Waals surface area contributed by atoms with Gasteiger partial charge in [0, 0.05) is 5.56 Å². The van der Waals surface area contributed by atoms with Gasteiger partial charge in [0.15, 0.2) is 0 Å². The Labute approximate surface area is 197 Å². The normalized spacial score (nSPS) is 20.1. The summed E-state index contributed by atoms with van der Waals surface area (Å²) in [6.07, 6.45) is -0.112. The number of hydrogen-bond donors (Lipinski definition) is 0. The first-order valence-corrected chi connectivity index (χ1v) is 12.4. The lowest BCUT2D eigenvalue weighted by atomic mass is 9.93. The monoisotopic (exact) mass is 471 g/mol. The fourth-order valence-electron chi connectivity index (χ4n) is 4.94. The largest absolute Gasteiger partial charge is 0.461 e. The predicted molar refractivity (Wildman–Crippen MR) is 127 cm³/mol. The van der Waals surface area contributed by atoms with Gasteiger partial charge in [0.2, 0.25) is 0 Å². The summed E-state index contributed by atoms with van der Waals surface area (Å²) in [7, 11) is -4.14. The molecule has 4 aromatic carbocycles. The zero-order valence-electron chi connectivity index (χ0n) is 18.1. The van der Waals surface area contributed by atoms with Gasteiger partial charge in [-0.05, 0) is 45.7 Å². The molecule has 0 radical (unpaired) electrons. The number of para-hydroxylation sites is 1. The highest BCUT2D eigenvalue weighted by atomic mass is 32.2. The minimum absolute atomic E-state index is 0.112. The fraction of sp³-hybridized carbons (Fsp3) is 0.148. The number of carbonyl (C=O) groups is 1. The van der Waals surface area contributed by atoms with Crippen molar-refractivity contribution >= 4 is 27.0 Å². The average Bonchev–Trinajstić information content (AvgIpc) is 3.16. The molecule has 7 heteroatoms. The summed E-state index contributed by atoms with van der Waals surface area (Å²) in [6, 6.07) is 27.1. The van der Waals surface area contributed by atoms with Crippen molar-refractivity contribution in [1.29, 1.82) is 0 Å². The first-order chi connectivity index (χ1) is 16.5. The van der Waals surface area contributed by atoms with Crippen molar-refractivity contribution in [3.05, 3.63) is 113 Å². The Balaban J connectivity index is 1.43. The SMILES string of the molecule is O=C(C[C@H]1c2cc3ccccc3cc2[C@@H]2c3ccccc3OS(=O)(=O)N21)OCc1ccccc1. The molecule has 0 N–H and O–H groups in total. The van der Waals surface area contributed by atoms with Crippen molar-refractivity contribution in [3.63, 3.8) is 0 Å². The van der Waals surface area contributed by atoms with Crippen LogP contribution in [-0.4, -0.2) is 18.7 Å². The first-order valence-electron chi connectivity index (χ1n) is 11.1. The van der Waals surface area contributed by atoms with E-state index in [9.17, 15) is 13.2 Å². The van der Waals surface area contributed by atoms with Gasteiger partial charge in [0.1, 0.15) is 12.4 Å². The van der Waals surface area contributed by atoms with Crippen molar-refractivity contribution in [1.82, 2.24) is 4.31 Å². The summed E-state index contributed by atoms with van der Waals surface area (Å²) in [5.41, 5.74) is 3.28. The van der Waals surface area contributed by atoms with Crippen LogP contribution in [0.1, 0.15) is 40.8 Å². The summed E-state index contributed by atoms with van der Waals surface area (Å²) >= 11 is 0. The molecule has 0 saturated carbocycles. The molecule has 2 heterocycles. The highest BCUT2D eigenvalue weighted by Gasteiger charge is 2.51. The van der Waals surface area contributed by atoms with Crippen LogP contribution < -0.4 is 4.18 Å². The van der Waals surface area contributed by atoms with Crippen molar-refractivity contribution in [2.45, 2.75) is 25.1 Å². The van der Waals surface area contributed by atoms with Gasteiger partial charge in [-0.15, -0.1) is 4.31 Å². The maximum atomic E-state index is 13.3. The molecule has 4 aromatic rings. The van der Waals surface area contributed by atoms with Gasteiger partial charge >= 0.3 is 16.3 Å². The molecule has 34 heavy (non-hydrogen) atoms. The van der Waals surface area contributed by atoms with Crippen molar-refractivity contribution in [2.24, 2.45) is 0 Å². The summed E-state index contributed by atoms with van der Waals surface area (Å²) in [5, 5.41) is 1.99. The van der Waals surface area contributed by atoms with Crippen LogP contribution in [0.25, 0.3) is 10.8 Å². The van der Waals surface area contributed by atoms with E-state index < -0.39 is 28.4 Å². The van der Waals surface area contributed by atoms with Crippen molar-refractivity contribution in [2.75, 3.05) is 0 Å². The Hall–Kier alpha value is -3.68. The molecular weight excluding hydrogens is 450 g/mol.